The molecule has 1 fully saturated rings. The summed E-state index contributed by atoms with van der Waals surface area (Å²) in [4.78, 5) is 11.8. The van der Waals surface area contributed by atoms with E-state index in [-0.39, 0.29) is 17.6 Å². The zero-order valence-corrected chi connectivity index (χ0v) is 10.9. The first-order chi connectivity index (χ1) is 9.38. The van der Waals surface area contributed by atoms with Gasteiger partial charge in [0.15, 0.2) is 0 Å². The number of hydrogen-bond acceptors (Lipinski definition) is 2. The number of para-hydroxylation sites is 1. The topological polar surface area (TPSA) is 53.2 Å². The standard InChI is InChI=1S/C13H16F3N3O/c1-8-6-17-7-11(8)19-12(20)18-10-5-3-2-4-9(10)13(14,15)16/h2-5,8,11,17H,6-7H2,1H3,(H2,18,19,20). The van der Waals surface area contributed by atoms with Crippen molar-refractivity contribution in [2.75, 3.05) is 18.4 Å². The second-order valence-corrected chi connectivity index (χ2v) is 4.88. The predicted octanol–water partition coefficient (Wildman–Crippen LogP) is 2.43. The Balaban J connectivity index is 2.04. The van der Waals surface area contributed by atoms with E-state index in [0.29, 0.717) is 6.54 Å². The molecule has 1 aliphatic heterocycles. The molecule has 0 radical (unpaired) electrons. The Morgan fingerprint density at radius 1 is 1.30 bits per heavy atom. The van der Waals surface area contributed by atoms with Crippen LogP contribution in [0.4, 0.5) is 23.7 Å². The molecule has 7 heteroatoms. The smallest absolute Gasteiger partial charge is 0.334 e. The predicted molar refractivity (Wildman–Crippen MR) is 69.4 cm³/mol. The zero-order valence-electron chi connectivity index (χ0n) is 10.9. The Hall–Kier alpha value is -1.76. The number of hydrogen-bond donors (Lipinski definition) is 3. The molecule has 2 unspecified atom stereocenters. The van der Waals surface area contributed by atoms with Crippen molar-refractivity contribution in [2.45, 2.75) is 19.1 Å². The van der Waals surface area contributed by atoms with Gasteiger partial charge >= 0.3 is 12.2 Å². The lowest BCUT2D eigenvalue weighted by molar-refractivity contribution is -0.136. The molecule has 2 atom stereocenters. The van der Waals surface area contributed by atoms with E-state index in [4.69, 9.17) is 0 Å². The lowest BCUT2D eigenvalue weighted by Gasteiger charge is -2.18. The molecule has 110 valence electrons. The number of benzene rings is 1. The van der Waals surface area contributed by atoms with Gasteiger partial charge in [-0.2, -0.15) is 13.2 Å². The van der Waals surface area contributed by atoms with Gasteiger partial charge < -0.3 is 16.0 Å². The van der Waals surface area contributed by atoms with Crippen LogP contribution in [0.3, 0.4) is 0 Å². The first-order valence-electron chi connectivity index (χ1n) is 6.32. The van der Waals surface area contributed by atoms with Crippen molar-refractivity contribution in [1.82, 2.24) is 10.6 Å². The summed E-state index contributed by atoms with van der Waals surface area (Å²) in [7, 11) is 0. The lowest BCUT2D eigenvalue weighted by Crippen LogP contribution is -2.42. The molecule has 0 aliphatic carbocycles. The number of halogens is 3. The van der Waals surface area contributed by atoms with Crippen molar-refractivity contribution in [2.24, 2.45) is 5.92 Å². The number of amides is 2. The van der Waals surface area contributed by atoms with Crippen molar-refractivity contribution < 1.29 is 18.0 Å². The van der Waals surface area contributed by atoms with Crippen LogP contribution in [-0.2, 0) is 6.18 Å². The van der Waals surface area contributed by atoms with Crippen molar-refractivity contribution in [1.29, 1.82) is 0 Å². The van der Waals surface area contributed by atoms with Gasteiger partial charge in [0.05, 0.1) is 11.3 Å². The van der Waals surface area contributed by atoms with Crippen LogP contribution in [0, 0.1) is 5.92 Å². The van der Waals surface area contributed by atoms with Gasteiger partial charge in [-0.15, -0.1) is 0 Å². The Bertz CT molecular complexity index is 490. The Labute approximate surface area is 114 Å². The molecule has 2 amide bonds. The highest BCUT2D eigenvalue weighted by atomic mass is 19.4. The summed E-state index contributed by atoms with van der Waals surface area (Å²) in [6, 6.07) is 4.21. The first-order valence-corrected chi connectivity index (χ1v) is 6.32. The molecule has 0 spiro atoms. The van der Waals surface area contributed by atoms with Crippen LogP contribution in [-0.4, -0.2) is 25.2 Å². The van der Waals surface area contributed by atoms with E-state index >= 15 is 0 Å². The third-order valence-electron chi connectivity index (χ3n) is 3.31. The normalized spacial score (nSPS) is 22.6. The van der Waals surface area contributed by atoms with Crippen LogP contribution in [0.2, 0.25) is 0 Å². The van der Waals surface area contributed by atoms with Gasteiger partial charge in [0, 0.05) is 12.6 Å². The average molecular weight is 287 g/mol. The van der Waals surface area contributed by atoms with E-state index in [9.17, 15) is 18.0 Å². The second-order valence-electron chi connectivity index (χ2n) is 4.88. The van der Waals surface area contributed by atoms with Crippen LogP contribution in [0.15, 0.2) is 24.3 Å². The highest BCUT2D eigenvalue weighted by molar-refractivity contribution is 5.90. The fourth-order valence-electron chi connectivity index (χ4n) is 2.17. The van der Waals surface area contributed by atoms with Crippen LogP contribution in [0.25, 0.3) is 0 Å². The summed E-state index contributed by atoms with van der Waals surface area (Å²) in [5, 5.41) is 8.05. The molecule has 1 aliphatic rings. The van der Waals surface area contributed by atoms with Crippen LogP contribution < -0.4 is 16.0 Å². The largest absolute Gasteiger partial charge is 0.418 e. The van der Waals surface area contributed by atoms with E-state index in [2.05, 4.69) is 16.0 Å². The Kier molecular flexibility index (Phi) is 4.17. The van der Waals surface area contributed by atoms with E-state index in [1.54, 1.807) is 0 Å². The second kappa shape index (κ2) is 5.70. The van der Waals surface area contributed by atoms with Crippen LogP contribution in [0.5, 0.6) is 0 Å². The molecule has 1 heterocycles. The van der Waals surface area contributed by atoms with E-state index < -0.39 is 17.8 Å². The molecular weight excluding hydrogens is 271 g/mol. The van der Waals surface area contributed by atoms with Gasteiger partial charge in [0.1, 0.15) is 0 Å². The molecule has 1 saturated heterocycles. The number of carbonyl (C=O) groups excluding carboxylic acids is 1. The number of urea groups is 1. The molecule has 0 saturated carbocycles. The summed E-state index contributed by atoms with van der Waals surface area (Å²) in [6.45, 7) is 3.37. The molecule has 2 rings (SSSR count). The third kappa shape index (κ3) is 3.41. The monoisotopic (exact) mass is 287 g/mol. The van der Waals surface area contributed by atoms with E-state index in [1.165, 1.54) is 18.2 Å². The maximum Gasteiger partial charge on any atom is 0.418 e. The maximum atomic E-state index is 12.8. The number of alkyl halides is 3. The minimum Gasteiger partial charge on any atom is -0.334 e. The van der Waals surface area contributed by atoms with Gasteiger partial charge in [0.2, 0.25) is 0 Å². The minimum absolute atomic E-state index is 0.0759. The van der Waals surface area contributed by atoms with E-state index in [1.807, 2.05) is 6.92 Å². The van der Waals surface area contributed by atoms with Crippen LogP contribution >= 0.6 is 0 Å². The number of nitrogens with one attached hydrogen (secondary N) is 3. The minimum atomic E-state index is -4.49. The molecule has 3 N–H and O–H groups in total. The molecule has 1 aromatic rings. The fourth-order valence-corrected chi connectivity index (χ4v) is 2.17. The quantitative estimate of drug-likeness (QED) is 0.782. The average Bonchev–Trinajstić information content (AvgIpc) is 2.74. The number of rotatable bonds is 2. The fraction of sp³-hybridized carbons (Fsp3) is 0.462. The molecule has 4 nitrogen and oxygen atoms in total. The molecule has 1 aromatic carbocycles. The zero-order chi connectivity index (χ0) is 14.8. The summed E-state index contributed by atoms with van der Waals surface area (Å²) >= 11 is 0. The summed E-state index contributed by atoms with van der Waals surface area (Å²) in [6.07, 6.45) is -4.49. The highest BCUT2D eigenvalue weighted by Crippen LogP contribution is 2.34. The molecule has 0 bridgehead atoms. The summed E-state index contributed by atoms with van der Waals surface area (Å²) in [5.74, 6) is 0.249. The van der Waals surface area contributed by atoms with Gasteiger partial charge in [-0.3, -0.25) is 0 Å². The van der Waals surface area contributed by atoms with Gasteiger partial charge in [0.25, 0.3) is 0 Å². The van der Waals surface area contributed by atoms with Gasteiger partial charge in [-0.1, -0.05) is 19.1 Å². The third-order valence-corrected chi connectivity index (χ3v) is 3.31. The van der Waals surface area contributed by atoms with Gasteiger partial charge in [-0.25, -0.2) is 4.79 Å². The van der Waals surface area contributed by atoms with Gasteiger partial charge in [-0.05, 0) is 24.6 Å². The van der Waals surface area contributed by atoms with Crippen molar-refractivity contribution in [3.8, 4) is 0 Å². The van der Waals surface area contributed by atoms with Crippen LogP contribution in [0.1, 0.15) is 12.5 Å². The first kappa shape index (κ1) is 14.6. The molecule has 20 heavy (non-hydrogen) atoms. The van der Waals surface area contributed by atoms with Crippen molar-refractivity contribution in [3.05, 3.63) is 29.8 Å². The molecule has 0 aromatic heterocycles. The van der Waals surface area contributed by atoms with Crippen molar-refractivity contribution in [3.63, 3.8) is 0 Å². The Morgan fingerprint density at radius 2 is 2.00 bits per heavy atom. The number of carbonyl (C=O) groups is 1. The number of anilines is 1. The van der Waals surface area contributed by atoms with E-state index in [0.717, 1.165) is 12.6 Å². The highest BCUT2D eigenvalue weighted by Gasteiger charge is 2.34. The Morgan fingerprint density at radius 3 is 2.60 bits per heavy atom. The molecular formula is C13H16F3N3O. The summed E-state index contributed by atoms with van der Waals surface area (Å²) < 4.78 is 38.4. The maximum absolute atomic E-state index is 12.8. The SMILES string of the molecule is CC1CNCC1NC(=O)Nc1ccccc1C(F)(F)F. The lowest BCUT2D eigenvalue weighted by atomic mass is 10.1. The summed E-state index contributed by atoms with van der Waals surface area (Å²) in [5.41, 5.74) is -1.09. The van der Waals surface area contributed by atoms with Crippen molar-refractivity contribution >= 4 is 11.7 Å².